The predicted molar refractivity (Wildman–Crippen MR) is 59.6 cm³/mol. The van der Waals surface area contributed by atoms with Gasteiger partial charge >= 0.3 is 0 Å². The molecule has 5 heteroatoms. The summed E-state index contributed by atoms with van der Waals surface area (Å²) in [5.74, 6) is 0.447. The Labute approximate surface area is 99.0 Å². The van der Waals surface area contributed by atoms with Crippen molar-refractivity contribution in [3.05, 3.63) is 28.8 Å². The van der Waals surface area contributed by atoms with Crippen LogP contribution in [0.25, 0.3) is 0 Å². The average Bonchev–Trinajstić information content (AvgIpc) is 2.29. The van der Waals surface area contributed by atoms with Crippen LogP contribution in [0.15, 0.2) is 18.2 Å². The number of nitriles is 1. The zero-order valence-corrected chi connectivity index (χ0v) is 9.41. The van der Waals surface area contributed by atoms with Gasteiger partial charge in [-0.05, 0) is 12.1 Å². The first-order valence-corrected chi connectivity index (χ1v) is 5.16. The van der Waals surface area contributed by atoms with Crippen LogP contribution in [-0.2, 0) is 4.74 Å². The highest BCUT2D eigenvalue weighted by molar-refractivity contribution is 6.30. The fourth-order valence-corrected chi connectivity index (χ4v) is 1.25. The SMILES string of the molecule is N#Cc1ccc(Cl)cc1OCCOCCO. The first kappa shape index (κ1) is 12.8. The Bertz CT molecular complexity index is 376. The summed E-state index contributed by atoms with van der Waals surface area (Å²) in [6.45, 7) is 0.942. The second kappa shape index (κ2) is 7.07. The predicted octanol–water partition coefficient (Wildman–Crippen LogP) is 1.60. The second-order valence-electron chi connectivity index (χ2n) is 2.94. The molecule has 0 saturated heterocycles. The minimum atomic E-state index is -0.0133. The van der Waals surface area contributed by atoms with Crippen LogP contribution in [0.4, 0.5) is 0 Å². The summed E-state index contributed by atoms with van der Waals surface area (Å²) in [4.78, 5) is 0. The Morgan fingerprint density at radius 2 is 2.12 bits per heavy atom. The van der Waals surface area contributed by atoms with Crippen molar-refractivity contribution in [1.82, 2.24) is 0 Å². The van der Waals surface area contributed by atoms with E-state index in [0.29, 0.717) is 29.5 Å². The number of hydrogen-bond donors (Lipinski definition) is 1. The van der Waals surface area contributed by atoms with Crippen molar-refractivity contribution in [2.75, 3.05) is 26.4 Å². The van der Waals surface area contributed by atoms with E-state index in [1.165, 1.54) is 0 Å². The summed E-state index contributed by atoms with van der Waals surface area (Å²) < 4.78 is 10.4. The Morgan fingerprint density at radius 3 is 2.81 bits per heavy atom. The van der Waals surface area contributed by atoms with Crippen LogP contribution in [0.2, 0.25) is 5.02 Å². The summed E-state index contributed by atoms with van der Waals surface area (Å²) in [7, 11) is 0. The number of benzene rings is 1. The van der Waals surface area contributed by atoms with Gasteiger partial charge in [-0.1, -0.05) is 11.6 Å². The minimum absolute atomic E-state index is 0.0133. The zero-order chi connectivity index (χ0) is 11.8. The molecule has 0 atom stereocenters. The maximum atomic E-state index is 8.81. The van der Waals surface area contributed by atoms with Gasteiger partial charge < -0.3 is 14.6 Å². The molecule has 0 aliphatic carbocycles. The number of nitrogens with zero attached hydrogens (tertiary/aromatic N) is 1. The smallest absolute Gasteiger partial charge is 0.138 e. The van der Waals surface area contributed by atoms with Crippen molar-refractivity contribution in [2.45, 2.75) is 0 Å². The first-order chi connectivity index (χ1) is 7.77. The van der Waals surface area contributed by atoms with Crippen LogP contribution in [0.1, 0.15) is 5.56 Å². The number of aliphatic hydroxyl groups excluding tert-OH is 1. The molecule has 1 aromatic rings. The van der Waals surface area contributed by atoms with E-state index in [1.54, 1.807) is 18.2 Å². The maximum Gasteiger partial charge on any atom is 0.138 e. The van der Waals surface area contributed by atoms with Crippen LogP contribution >= 0.6 is 11.6 Å². The van der Waals surface area contributed by atoms with Crippen molar-refractivity contribution >= 4 is 11.6 Å². The Balaban J connectivity index is 2.46. The first-order valence-electron chi connectivity index (χ1n) is 4.79. The summed E-state index contributed by atoms with van der Waals surface area (Å²) in [5.41, 5.74) is 0.437. The highest BCUT2D eigenvalue weighted by Crippen LogP contribution is 2.22. The molecule has 0 unspecified atom stereocenters. The third kappa shape index (κ3) is 4.07. The topological polar surface area (TPSA) is 62.5 Å². The van der Waals surface area contributed by atoms with E-state index < -0.39 is 0 Å². The van der Waals surface area contributed by atoms with Gasteiger partial charge in [0, 0.05) is 11.1 Å². The molecule has 16 heavy (non-hydrogen) atoms. The quantitative estimate of drug-likeness (QED) is 0.769. The molecule has 0 aliphatic rings. The summed E-state index contributed by atoms with van der Waals surface area (Å²) >= 11 is 5.78. The van der Waals surface area contributed by atoms with E-state index in [2.05, 4.69) is 0 Å². The molecule has 0 saturated carbocycles. The molecule has 0 spiro atoms. The molecule has 1 rings (SSSR count). The maximum absolute atomic E-state index is 8.81. The molecule has 86 valence electrons. The van der Waals surface area contributed by atoms with E-state index >= 15 is 0 Å². The van der Waals surface area contributed by atoms with Crippen LogP contribution < -0.4 is 4.74 Å². The Hall–Kier alpha value is -1.28. The van der Waals surface area contributed by atoms with Gasteiger partial charge in [0.15, 0.2) is 0 Å². The molecule has 1 N–H and O–H groups in total. The molecular weight excluding hydrogens is 230 g/mol. The monoisotopic (exact) mass is 241 g/mol. The standard InChI is InChI=1S/C11H12ClNO3/c12-10-2-1-9(8-13)11(7-10)16-6-5-15-4-3-14/h1-2,7,14H,3-6H2. The fraction of sp³-hybridized carbons (Fsp3) is 0.364. The van der Waals surface area contributed by atoms with E-state index in [-0.39, 0.29) is 13.2 Å². The third-order valence-electron chi connectivity index (χ3n) is 1.78. The number of ether oxygens (including phenoxy) is 2. The normalized spacial score (nSPS) is 9.81. The van der Waals surface area contributed by atoms with Gasteiger partial charge in [0.05, 0.1) is 25.4 Å². The van der Waals surface area contributed by atoms with E-state index in [9.17, 15) is 0 Å². The van der Waals surface area contributed by atoms with Crippen molar-refractivity contribution < 1.29 is 14.6 Å². The fourth-order valence-electron chi connectivity index (χ4n) is 1.09. The van der Waals surface area contributed by atoms with Gasteiger partial charge in [0.25, 0.3) is 0 Å². The van der Waals surface area contributed by atoms with E-state index in [4.69, 9.17) is 31.4 Å². The lowest BCUT2D eigenvalue weighted by Crippen LogP contribution is -2.09. The van der Waals surface area contributed by atoms with E-state index in [0.717, 1.165) is 0 Å². The van der Waals surface area contributed by atoms with Crippen molar-refractivity contribution in [3.8, 4) is 11.8 Å². The summed E-state index contributed by atoms with van der Waals surface area (Å²) in [5, 5.41) is 17.8. The number of hydrogen-bond acceptors (Lipinski definition) is 4. The summed E-state index contributed by atoms with van der Waals surface area (Å²) in [6, 6.07) is 6.84. The zero-order valence-electron chi connectivity index (χ0n) is 8.65. The second-order valence-corrected chi connectivity index (χ2v) is 3.37. The number of rotatable bonds is 6. The summed E-state index contributed by atoms with van der Waals surface area (Å²) in [6.07, 6.45) is 0. The molecule has 0 heterocycles. The Morgan fingerprint density at radius 1 is 1.31 bits per heavy atom. The molecule has 1 aromatic carbocycles. The Kier molecular flexibility index (Phi) is 5.65. The van der Waals surface area contributed by atoms with E-state index in [1.807, 2.05) is 6.07 Å². The molecule has 4 nitrogen and oxygen atoms in total. The van der Waals surface area contributed by atoms with Crippen molar-refractivity contribution in [3.63, 3.8) is 0 Å². The molecule has 0 aromatic heterocycles. The van der Waals surface area contributed by atoms with Gasteiger partial charge in [-0.3, -0.25) is 0 Å². The molecule has 0 fully saturated rings. The van der Waals surface area contributed by atoms with Gasteiger partial charge in [0.2, 0.25) is 0 Å². The van der Waals surface area contributed by atoms with Crippen LogP contribution in [0.5, 0.6) is 5.75 Å². The van der Waals surface area contributed by atoms with Gasteiger partial charge in [-0.2, -0.15) is 5.26 Å². The molecular formula is C11H12ClNO3. The van der Waals surface area contributed by atoms with Gasteiger partial charge in [-0.25, -0.2) is 0 Å². The highest BCUT2D eigenvalue weighted by atomic mass is 35.5. The third-order valence-corrected chi connectivity index (χ3v) is 2.02. The minimum Gasteiger partial charge on any atom is -0.490 e. The molecule has 0 radical (unpaired) electrons. The number of halogens is 1. The number of aliphatic hydroxyl groups is 1. The van der Waals surface area contributed by atoms with Crippen LogP contribution in [0.3, 0.4) is 0 Å². The van der Waals surface area contributed by atoms with Crippen LogP contribution in [-0.4, -0.2) is 31.5 Å². The molecule has 0 amide bonds. The largest absolute Gasteiger partial charge is 0.490 e. The van der Waals surface area contributed by atoms with Crippen molar-refractivity contribution in [2.24, 2.45) is 0 Å². The molecule has 0 bridgehead atoms. The highest BCUT2D eigenvalue weighted by Gasteiger charge is 2.03. The molecule has 0 aliphatic heterocycles. The lowest BCUT2D eigenvalue weighted by Gasteiger charge is -2.08. The van der Waals surface area contributed by atoms with Crippen LogP contribution in [0, 0.1) is 11.3 Å². The average molecular weight is 242 g/mol. The lowest BCUT2D eigenvalue weighted by atomic mass is 10.2. The van der Waals surface area contributed by atoms with Crippen molar-refractivity contribution in [1.29, 1.82) is 5.26 Å². The lowest BCUT2D eigenvalue weighted by molar-refractivity contribution is 0.0704. The van der Waals surface area contributed by atoms with Gasteiger partial charge in [0.1, 0.15) is 18.4 Å². The van der Waals surface area contributed by atoms with Gasteiger partial charge in [-0.15, -0.1) is 0 Å².